The lowest BCUT2D eigenvalue weighted by molar-refractivity contribution is 0.0924. The van der Waals surface area contributed by atoms with Gasteiger partial charge in [-0.15, -0.1) is 0 Å². The van der Waals surface area contributed by atoms with E-state index in [1.165, 1.54) is 0 Å². The number of nitrogens with one attached hydrogen (secondary N) is 1. The molecule has 2 rings (SSSR count). The highest BCUT2D eigenvalue weighted by Crippen LogP contribution is 2.07. The maximum Gasteiger partial charge on any atom is 0.270 e. The summed E-state index contributed by atoms with van der Waals surface area (Å²) in [6.45, 7) is 9.22. The third-order valence-corrected chi connectivity index (χ3v) is 2.85. The molecular formula is C14H22N2O2. The van der Waals surface area contributed by atoms with E-state index in [9.17, 15) is 4.79 Å². The zero-order chi connectivity index (χ0) is 13.5. The number of aryl methyl sites for hydroxylation is 2. The number of aromatic nitrogens is 1. The molecule has 2 heterocycles. The summed E-state index contributed by atoms with van der Waals surface area (Å²) in [4.78, 5) is 16.1. The molecule has 0 aromatic carbocycles. The SMILES string of the molecule is CC.Cc1ccc(C(=O)NC2CCOC2)nc1C. The summed E-state index contributed by atoms with van der Waals surface area (Å²) in [5.41, 5.74) is 2.48. The highest BCUT2D eigenvalue weighted by atomic mass is 16.5. The van der Waals surface area contributed by atoms with Crippen LogP contribution in [0, 0.1) is 13.8 Å². The van der Waals surface area contributed by atoms with Gasteiger partial charge >= 0.3 is 0 Å². The number of ether oxygens (including phenoxy) is 1. The first-order chi connectivity index (χ1) is 8.66. The topological polar surface area (TPSA) is 51.2 Å². The lowest BCUT2D eigenvalue weighted by atomic mass is 10.2. The van der Waals surface area contributed by atoms with Gasteiger partial charge in [0.15, 0.2) is 0 Å². The van der Waals surface area contributed by atoms with Crippen LogP contribution in [0.25, 0.3) is 0 Å². The highest BCUT2D eigenvalue weighted by molar-refractivity contribution is 5.92. The van der Waals surface area contributed by atoms with E-state index < -0.39 is 0 Å². The molecule has 1 aliphatic rings. The first kappa shape index (κ1) is 14.6. The van der Waals surface area contributed by atoms with Gasteiger partial charge < -0.3 is 10.1 Å². The molecule has 0 aliphatic carbocycles. The van der Waals surface area contributed by atoms with Crippen molar-refractivity contribution in [3.8, 4) is 0 Å². The summed E-state index contributed by atoms with van der Waals surface area (Å²) in [5, 5.41) is 2.92. The minimum Gasteiger partial charge on any atom is -0.379 e. The highest BCUT2D eigenvalue weighted by Gasteiger charge is 2.19. The van der Waals surface area contributed by atoms with Gasteiger partial charge in [-0.3, -0.25) is 4.79 Å². The second kappa shape index (κ2) is 7.11. The maximum absolute atomic E-state index is 11.8. The molecule has 0 radical (unpaired) electrons. The van der Waals surface area contributed by atoms with Crippen molar-refractivity contribution in [3.05, 3.63) is 29.1 Å². The van der Waals surface area contributed by atoms with E-state index in [2.05, 4.69) is 10.3 Å². The summed E-state index contributed by atoms with van der Waals surface area (Å²) < 4.78 is 5.20. The Balaban J connectivity index is 0.000000771. The van der Waals surface area contributed by atoms with Crippen molar-refractivity contribution in [2.45, 2.75) is 40.2 Å². The molecule has 18 heavy (non-hydrogen) atoms. The quantitative estimate of drug-likeness (QED) is 0.875. The number of pyridine rings is 1. The number of nitrogens with zero attached hydrogens (tertiary/aromatic N) is 1. The van der Waals surface area contributed by atoms with E-state index in [1.54, 1.807) is 6.07 Å². The van der Waals surface area contributed by atoms with Gasteiger partial charge in [0.2, 0.25) is 0 Å². The predicted molar refractivity (Wildman–Crippen MR) is 71.7 cm³/mol. The molecule has 1 fully saturated rings. The number of hydrogen-bond acceptors (Lipinski definition) is 3. The van der Waals surface area contributed by atoms with Crippen LogP contribution in [0.4, 0.5) is 0 Å². The van der Waals surface area contributed by atoms with E-state index in [-0.39, 0.29) is 11.9 Å². The van der Waals surface area contributed by atoms with Crippen LogP contribution in [0.15, 0.2) is 12.1 Å². The molecule has 0 saturated carbocycles. The van der Waals surface area contributed by atoms with E-state index in [0.29, 0.717) is 12.3 Å². The minimum absolute atomic E-state index is 0.112. The Labute approximate surface area is 109 Å². The van der Waals surface area contributed by atoms with Crippen LogP contribution in [-0.2, 0) is 4.74 Å². The largest absolute Gasteiger partial charge is 0.379 e. The molecular weight excluding hydrogens is 228 g/mol. The summed E-state index contributed by atoms with van der Waals surface area (Å²) in [6.07, 6.45) is 0.885. The fourth-order valence-electron chi connectivity index (χ4n) is 1.66. The van der Waals surface area contributed by atoms with Gasteiger partial charge in [-0.1, -0.05) is 19.9 Å². The molecule has 1 N–H and O–H groups in total. The molecule has 1 aliphatic heterocycles. The van der Waals surface area contributed by atoms with Crippen molar-refractivity contribution < 1.29 is 9.53 Å². The van der Waals surface area contributed by atoms with Crippen LogP contribution >= 0.6 is 0 Å². The van der Waals surface area contributed by atoms with E-state index in [0.717, 1.165) is 24.3 Å². The molecule has 0 bridgehead atoms. The Morgan fingerprint density at radius 2 is 2.11 bits per heavy atom. The zero-order valence-electron chi connectivity index (χ0n) is 11.6. The van der Waals surface area contributed by atoms with Gasteiger partial charge in [0.1, 0.15) is 5.69 Å². The average Bonchev–Trinajstić information content (AvgIpc) is 2.88. The van der Waals surface area contributed by atoms with Crippen LogP contribution in [0.3, 0.4) is 0 Å². The van der Waals surface area contributed by atoms with E-state index in [4.69, 9.17) is 4.74 Å². The monoisotopic (exact) mass is 250 g/mol. The molecule has 1 unspecified atom stereocenters. The average molecular weight is 250 g/mol. The maximum atomic E-state index is 11.8. The Bertz CT molecular complexity index is 399. The Morgan fingerprint density at radius 1 is 1.39 bits per heavy atom. The lowest BCUT2D eigenvalue weighted by Crippen LogP contribution is -2.35. The number of carbonyl (C=O) groups is 1. The van der Waals surface area contributed by atoms with Gasteiger partial charge in [-0.05, 0) is 31.9 Å². The van der Waals surface area contributed by atoms with Crippen LogP contribution in [-0.4, -0.2) is 30.1 Å². The standard InChI is InChI=1S/C12H16N2O2.C2H6/c1-8-3-4-11(13-9(8)2)12(15)14-10-5-6-16-7-10;1-2/h3-4,10H,5-7H2,1-2H3,(H,14,15);1-2H3. The Morgan fingerprint density at radius 3 is 2.67 bits per heavy atom. The van der Waals surface area contributed by atoms with Crippen molar-refractivity contribution in [2.24, 2.45) is 0 Å². The number of rotatable bonds is 2. The van der Waals surface area contributed by atoms with Gasteiger partial charge in [0, 0.05) is 12.3 Å². The molecule has 1 amide bonds. The third kappa shape index (κ3) is 3.81. The van der Waals surface area contributed by atoms with Gasteiger partial charge in [-0.25, -0.2) is 4.98 Å². The van der Waals surface area contributed by atoms with Gasteiger partial charge in [0.05, 0.1) is 12.6 Å². The summed E-state index contributed by atoms with van der Waals surface area (Å²) >= 11 is 0. The van der Waals surface area contributed by atoms with Crippen molar-refractivity contribution in [1.29, 1.82) is 0 Å². The second-order valence-electron chi connectivity index (χ2n) is 4.13. The smallest absolute Gasteiger partial charge is 0.270 e. The van der Waals surface area contributed by atoms with E-state index in [1.807, 2.05) is 33.8 Å². The molecule has 4 heteroatoms. The van der Waals surface area contributed by atoms with Crippen LogP contribution in [0.2, 0.25) is 0 Å². The minimum atomic E-state index is -0.112. The lowest BCUT2D eigenvalue weighted by Gasteiger charge is -2.10. The molecule has 1 saturated heterocycles. The second-order valence-corrected chi connectivity index (χ2v) is 4.13. The molecule has 1 atom stereocenters. The summed E-state index contributed by atoms with van der Waals surface area (Å²) in [6, 6.07) is 3.81. The normalized spacial score (nSPS) is 17.9. The molecule has 4 nitrogen and oxygen atoms in total. The molecule has 1 aromatic rings. The third-order valence-electron chi connectivity index (χ3n) is 2.85. The van der Waals surface area contributed by atoms with Crippen LogP contribution in [0.5, 0.6) is 0 Å². The first-order valence-corrected chi connectivity index (χ1v) is 6.49. The van der Waals surface area contributed by atoms with E-state index >= 15 is 0 Å². The number of carbonyl (C=O) groups excluding carboxylic acids is 1. The van der Waals surface area contributed by atoms with Crippen molar-refractivity contribution in [2.75, 3.05) is 13.2 Å². The fourth-order valence-corrected chi connectivity index (χ4v) is 1.66. The molecule has 0 spiro atoms. The van der Waals surface area contributed by atoms with Crippen LogP contribution < -0.4 is 5.32 Å². The van der Waals surface area contributed by atoms with Gasteiger partial charge in [-0.2, -0.15) is 0 Å². The van der Waals surface area contributed by atoms with Crippen molar-refractivity contribution >= 4 is 5.91 Å². The number of hydrogen-bond donors (Lipinski definition) is 1. The zero-order valence-corrected chi connectivity index (χ0v) is 11.6. The molecule has 1 aromatic heterocycles. The fraction of sp³-hybridized carbons (Fsp3) is 0.571. The predicted octanol–water partition coefficient (Wildman–Crippen LogP) is 2.24. The van der Waals surface area contributed by atoms with Gasteiger partial charge in [0.25, 0.3) is 5.91 Å². The number of amides is 1. The van der Waals surface area contributed by atoms with Crippen LogP contribution in [0.1, 0.15) is 42.0 Å². The first-order valence-electron chi connectivity index (χ1n) is 6.49. The Kier molecular flexibility index (Phi) is 5.78. The Hall–Kier alpha value is -1.42. The summed E-state index contributed by atoms with van der Waals surface area (Å²) in [5.74, 6) is -0.112. The summed E-state index contributed by atoms with van der Waals surface area (Å²) in [7, 11) is 0. The molecule has 100 valence electrons. The van der Waals surface area contributed by atoms with Crippen molar-refractivity contribution in [1.82, 2.24) is 10.3 Å². The van der Waals surface area contributed by atoms with Crippen molar-refractivity contribution in [3.63, 3.8) is 0 Å².